The van der Waals surface area contributed by atoms with Crippen molar-refractivity contribution in [2.45, 2.75) is 16.5 Å². The van der Waals surface area contributed by atoms with Gasteiger partial charge in [0.25, 0.3) is 0 Å². The van der Waals surface area contributed by atoms with Crippen molar-refractivity contribution in [1.29, 1.82) is 0 Å². The summed E-state index contributed by atoms with van der Waals surface area (Å²) in [7, 11) is 16.5. The van der Waals surface area contributed by atoms with E-state index in [1.54, 1.807) is 0 Å². The summed E-state index contributed by atoms with van der Waals surface area (Å²) < 4.78 is 8.87. The van der Waals surface area contributed by atoms with Gasteiger partial charge in [-0.15, -0.1) is 0 Å². The number of hydrogen-bond acceptors (Lipinski definition) is 0. The van der Waals surface area contributed by atoms with E-state index in [-0.39, 0.29) is 7.25 Å². The fraction of sp³-hybridized carbons (Fsp3) is 0.121. The van der Waals surface area contributed by atoms with Crippen molar-refractivity contribution in [3.8, 4) is 11.1 Å². The number of allylic oxidation sites excluding steroid dienone is 2. The molecule has 36 heavy (non-hydrogen) atoms. The Hall–Kier alpha value is -2.31. The van der Waals surface area contributed by atoms with Crippen LogP contribution < -0.4 is 0 Å². The summed E-state index contributed by atoms with van der Waals surface area (Å²) in [5, 5.41) is 0. The van der Waals surface area contributed by atoms with Gasteiger partial charge in [-0.1, -0.05) is 0 Å². The van der Waals surface area contributed by atoms with Crippen molar-refractivity contribution >= 4 is 39.0 Å². The molecule has 180 valence electrons. The maximum absolute atomic E-state index is 8.27. The Balaban J connectivity index is 1.62. The quantitative estimate of drug-likeness (QED) is 0.223. The Morgan fingerprint density at radius 3 is 1.94 bits per heavy atom. The molecule has 0 radical (unpaired) electrons. The second-order valence-corrected chi connectivity index (χ2v) is 58.1. The monoisotopic (exact) mass is 586 g/mol. The predicted molar refractivity (Wildman–Crippen MR) is 158 cm³/mol. The zero-order valence-corrected chi connectivity index (χ0v) is 24.6. The van der Waals surface area contributed by atoms with Crippen LogP contribution in [-0.4, -0.2) is 4.21 Å². The summed E-state index contributed by atoms with van der Waals surface area (Å²) in [4.78, 5) is 0. The molecule has 0 saturated carbocycles. The number of hydrogen-bond donors (Lipinski definition) is 0. The summed E-state index contributed by atoms with van der Waals surface area (Å²) in [6, 6.07) is 36.0. The Labute approximate surface area is 215 Å². The second-order valence-electron chi connectivity index (χ2n) is 12.5. The molecule has 0 saturated heterocycles. The van der Waals surface area contributed by atoms with Crippen LogP contribution in [0, 0.1) is 0 Å². The summed E-state index contributed by atoms with van der Waals surface area (Å²) in [6.45, 7) is 0. The van der Waals surface area contributed by atoms with Crippen LogP contribution in [0.25, 0.3) is 28.9 Å². The van der Waals surface area contributed by atoms with Crippen LogP contribution in [0.15, 0.2) is 109 Å². The van der Waals surface area contributed by atoms with Gasteiger partial charge < -0.3 is 0 Å². The van der Waals surface area contributed by atoms with Crippen molar-refractivity contribution in [3.05, 3.63) is 137 Å². The van der Waals surface area contributed by atoms with E-state index >= 15 is 0 Å². The molecule has 6 rings (SSSR count). The molecule has 0 spiro atoms. The fourth-order valence-corrected chi connectivity index (χ4v) is 26.1. The first-order valence-electron chi connectivity index (χ1n) is 12.6. The van der Waals surface area contributed by atoms with Crippen LogP contribution in [-0.2, 0) is 12.9 Å². The van der Waals surface area contributed by atoms with E-state index < -0.39 is 12.9 Å². The third-order valence-electron chi connectivity index (χ3n) is 8.47. The molecule has 2 aliphatic rings. The summed E-state index contributed by atoms with van der Waals surface area (Å²) in [5.74, 6) is 0. The summed E-state index contributed by atoms with van der Waals surface area (Å²) in [5.41, 5.74) is 9.38. The zero-order chi connectivity index (χ0) is 25.3. The molecular weight excluding hydrogens is 558 g/mol. The first kappa shape index (κ1) is 24.1. The van der Waals surface area contributed by atoms with E-state index in [1.807, 2.05) is 12.1 Å². The van der Waals surface area contributed by atoms with E-state index in [0.717, 1.165) is 11.1 Å². The second kappa shape index (κ2) is 6.96. The fourth-order valence-electron chi connectivity index (χ4n) is 6.86. The van der Waals surface area contributed by atoms with Gasteiger partial charge in [0.15, 0.2) is 0 Å². The molecule has 0 N–H and O–H groups in total. The molecule has 2 aliphatic carbocycles. The molecule has 0 nitrogen and oxygen atoms in total. The third kappa shape index (κ3) is 3.55. The van der Waals surface area contributed by atoms with Crippen LogP contribution in [0.5, 0.6) is 0 Å². The van der Waals surface area contributed by atoms with E-state index in [0.29, 0.717) is 0 Å². The molecule has 2 unspecified atom stereocenters. The normalized spacial score (nSPS) is 21.4. The summed E-state index contributed by atoms with van der Waals surface area (Å²) >= 11 is -6.04. The van der Waals surface area contributed by atoms with Gasteiger partial charge in [-0.05, 0) is 0 Å². The van der Waals surface area contributed by atoms with E-state index in [4.69, 9.17) is 21.2 Å². The minimum absolute atomic E-state index is 0.202. The average molecular weight is 589 g/mol. The van der Waals surface area contributed by atoms with Gasteiger partial charge in [-0.2, -0.15) is 0 Å². The van der Waals surface area contributed by atoms with Gasteiger partial charge in [0.1, 0.15) is 0 Å². The Morgan fingerprint density at radius 2 is 1.25 bits per heavy atom. The van der Waals surface area contributed by atoms with Gasteiger partial charge in [-0.3, -0.25) is 0 Å². The van der Waals surface area contributed by atoms with Gasteiger partial charge in [0.2, 0.25) is 0 Å². The predicted octanol–water partition coefficient (Wildman–Crippen LogP) is 10.3. The van der Waals surface area contributed by atoms with Crippen molar-refractivity contribution in [2.24, 2.45) is 0 Å². The van der Waals surface area contributed by atoms with Gasteiger partial charge in [-0.25, -0.2) is 0 Å². The maximum atomic E-state index is 8.27. The van der Waals surface area contributed by atoms with Crippen molar-refractivity contribution in [1.82, 2.24) is 0 Å². The number of benzene rings is 4. The number of fused-ring (bicyclic) bond motifs is 2. The molecule has 4 aromatic carbocycles. The molecule has 0 bridgehead atoms. The minimum atomic E-state index is -6.04. The van der Waals surface area contributed by atoms with Crippen molar-refractivity contribution < 1.29 is 12.9 Å². The Kier molecular flexibility index (Phi) is 4.65. The summed E-state index contributed by atoms with van der Waals surface area (Å²) in [6.07, 6.45) is 6.71. The first-order chi connectivity index (χ1) is 16.9. The van der Waals surface area contributed by atoms with Crippen LogP contribution >= 0.6 is 17.0 Å². The van der Waals surface area contributed by atoms with Gasteiger partial charge in [0.05, 0.1) is 0 Å². The molecular formula is C33H30Cl2Zr. The molecule has 0 aliphatic heterocycles. The molecule has 3 heteroatoms. The average Bonchev–Trinajstić information content (AvgIpc) is 3.48. The van der Waals surface area contributed by atoms with Gasteiger partial charge in [0, 0.05) is 0 Å². The van der Waals surface area contributed by atoms with Crippen molar-refractivity contribution in [2.75, 3.05) is 0 Å². The van der Waals surface area contributed by atoms with Crippen LogP contribution in [0.1, 0.15) is 35.1 Å². The Bertz CT molecular complexity index is 1700. The van der Waals surface area contributed by atoms with Crippen molar-refractivity contribution in [3.63, 3.8) is 0 Å². The molecule has 4 aromatic rings. The zero-order valence-electron chi connectivity index (χ0n) is 20.7. The Morgan fingerprint density at radius 1 is 0.667 bits per heavy atom. The standard InChI is InChI=1S/2C15H11.2CH3.CH2.2ClH.Zr/c1-2-6-12(7-3-1)14-10-4-8-13-9-5-11-15(13)14;1-2-6-12(7-3-1)15-10-13-8-4-5-9-14(13)11-15;;;;;;/h2*1-11H;2*1H3;1H2;2*1H;/q;;;;;;;+2/p-2. The number of halogens is 2. The van der Waals surface area contributed by atoms with Crippen LogP contribution in [0.4, 0.5) is 0 Å². The topological polar surface area (TPSA) is 0 Å². The van der Waals surface area contributed by atoms with E-state index in [2.05, 4.69) is 118 Å². The molecule has 2 atom stereocenters. The molecule has 0 fully saturated rings. The molecule has 0 aromatic heterocycles. The van der Waals surface area contributed by atoms with Crippen LogP contribution in [0.2, 0.25) is 9.26 Å². The van der Waals surface area contributed by atoms with E-state index in [9.17, 15) is 0 Å². The van der Waals surface area contributed by atoms with E-state index in [1.165, 1.54) is 33.4 Å². The van der Waals surface area contributed by atoms with Crippen LogP contribution in [0.3, 0.4) is 0 Å². The molecule has 0 amide bonds. The number of rotatable bonds is 4. The SMILES string of the molecule is [CH2]=[Zr]([CH3])([CH3])([Cl])([Cl])([CH]1C=Cc2c(-c3ccccc3)cccc21)[CH]1C(c2ccccc2)=Cc2ccccc21. The first-order valence-corrected chi connectivity index (χ1v) is 28.4. The molecule has 0 heterocycles. The third-order valence-corrected chi connectivity index (χ3v) is 28.5. The van der Waals surface area contributed by atoms with Gasteiger partial charge >= 0.3 is 217 Å².